The molecule has 0 aliphatic rings. The predicted octanol–water partition coefficient (Wildman–Crippen LogP) is 4.84. The number of aliphatic hydroxyl groups is 1. The monoisotopic (exact) mass is 383 g/mol. The van der Waals surface area contributed by atoms with E-state index in [1.54, 1.807) is 42.5 Å². The van der Waals surface area contributed by atoms with Crippen molar-refractivity contribution >= 4 is 35.8 Å². The Labute approximate surface area is 147 Å². The van der Waals surface area contributed by atoms with Crippen LogP contribution in [0.1, 0.15) is 11.6 Å². The topological polar surface area (TPSA) is 46.2 Å². The van der Waals surface area contributed by atoms with Crippen LogP contribution in [-0.2, 0) is 0 Å². The van der Waals surface area contributed by atoms with Crippen LogP contribution >= 0.6 is 35.8 Å². The SMILES string of the molecule is Cl.N[C@H](c1ccccc1Sc1ccc(Cl)cc1)[C@@H](O)C(F)(F)F. The van der Waals surface area contributed by atoms with Crippen LogP contribution in [0.4, 0.5) is 13.2 Å². The molecule has 0 saturated heterocycles. The lowest BCUT2D eigenvalue weighted by Gasteiger charge is -2.23. The summed E-state index contributed by atoms with van der Waals surface area (Å²) in [6, 6.07) is 11.8. The summed E-state index contributed by atoms with van der Waals surface area (Å²) in [6.07, 6.45) is -7.38. The molecule has 0 fully saturated rings. The molecule has 3 N–H and O–H groups in total. The molecular formula is C15H14Cl2F3NOS. The Bertz CT molecular complexity index is 637. The van der Waals surface area contributed by atoms with E-state index in [0.717, 1.165) is 4.90 Å². The molecule has 8 heteroatoms. The Balaban J connectivity index is 0.00000264. The van der Waals surface area contributed by atoms with Crippen molar-refractivity contribution < 1.29 is 18.3 Å². The third kappa shape index (κ3) is 5.29. The summed E-state index contributed by atoms with van der Waals surface area (Å²) in [5.74, 6) is 0. The van der Waals surface area contributed by atoms with Crippen LogP contribution in [0, 0.1) is 0 Å². The number of aliphatic hydroxyl groups excluding tert-OH is 1. The number of alkyl halides is 3. The van der Waals surface area contributed by atoms with E-state index < -0.39 is 18.3 Å². The number of halogens is 5. The lowest BCUT2D eigenvalue weighted by atomic mass is 10.0. The minimum Gasteiger partial charge on any atom is -0.382 e. The largest absolute Gasteiger partial charge is 0.416 e. The highest BCUT2D eigenvalue weighted by molar-refractivity contribution is 7.99. The van der Waals surface area contributed by atoms with E-state index in [1.807, 2.05) is 0 Å². The molecule has 23 heavy (non-hydrogen) atoms. The van der Waals surface area contributed by atoms with Crippen LogP contribution in [-0.4, -0.2) is 17.4 Å². The molecule has 0 spiro atoms. The van der Waals surface area contributed by atoms with E-state index in [4.69, 9.17) is 17.3 Å². The average molecular weight is 384 g/mol. The lowest BCUT2D eigenvalue weighted by molar-refractivity contribution is -0.210. The Hall–Kier alpha value is -0.920. The van der Waals surface area contributed by atoms with E-state index in [1.165, 1.54) is 17.8 Å². The number of hydrogen-bond acceptors (Lipinski definition) is 3. The zero-order valence-corrected chi connectivity index (χ0v) is 14.0. The van der Waals surface area contributed by atoms with Gasteiger partial charge in [0.05, 0.1) is 6.04 Å². The first-order valence-corrected chi connectivity index (χ1v) is 7.51. The van der Waals surface area contributed by atoms with Crippen molar-refractivity contribution in [2.24, 2.45) is 5.73 Å². The van der Waals surface area contributed by atoms with Gasteiger partial charge in [-0.25, -0.2) is 0 Å². The molecule has 0 aromatic heterocycles. The zero-order chi connectivity index (χ0) is 16.3. The predicted molar refractivity (Wildman–Crippen MR) is 88.3 cm³/mol. The van der Waals surface area contributed by atoms with Gasteiger partial charge < -0.3 is 10.8 Å². The van der Waals surface area contributed by atoms with Crippen molar-refractivity contribution in [1.29, 1.82) is 0 Å². The van der Waals surface area contributed by atoms with Crippen molar-refractivity contribution in [2.75, 3.05) is 0 Å². The molecule has 0 radical (unpaired) electrons. The maximum absolute atomic E-state index is 12.6. The van der Waals surface area contributed by atoms with Crippen LogP contribution in [0.25, 0.3) is 0 Å². The molecule has 2 nitrogen and oxygen atoms in total. The number of nitrogens with two attached hydrogens (primary N) is 1. The average Bonchev–Trinajstić information content (AvgIpc) is 2.48. The first-order valence-electron chi connectivity index (χ1n) is 6.32. The Kier molecular flexibility index (Phi) is 7.23. The fourth-order valence-corrected chi connectivity index (χ4v) is 2.97. The molecule has 0 heterocycles. The summed E-state index contributed by atoms with van der Waals surface area (Å²) in [5.41, 5.74) is 5.84. The van der Waals surface area contributed by atoms with Crippen molar-refractivity contribution in [3.05, 3.63) is 59.1 Å². The number of rotatable bonds is 4. The van der Waals surface area contributed by atoms with Crippen LogP contribution in [0.15, 0.2) is 58.3 Å². The van der Waals surface area contributed by atoms with Crippen LogP contribution in [0.3, 0.4) is 0 Å². The van der Waals surface area contributed by atoms with Crippen LogP contribution < -0.4 is 5.73 Å². The lowest BCUT2D eigenvalue weighted by Crippen LogP contribution is -2.39. The molecule has 0 bridgehead atoms. The standard InChI is InChI=1S/C15H13ClF3NOS.ClH/c16-9-5-7-10(8-6-9)22-12-4-2-1-3-11(12)13(20)14(21)15(17,18)19;/h1-8,13-14,21H,20H2;1H/t13-,14-;/m1./s1. The quantitative estimate of drug-likeness (QED) is 0.793. The molecule has 2 atom stereocenters. The Morgan fingerprint density at radius 3 is 2.17 bits per heavy atom. The van der Waals surface area contributed by atoms with Gasteiger partial charge in [0.25, 0.3) is 0 Å². The fourth-order valence-electron chi connectivity index (χ4n) is 1.85. The minimum absolute atomic E-state index is 0. The first-order chi connectivity index (χ1) is 10.3. The molecule has 0 amide bonds. The Morgan fingerprint density at radius 1 is 1.04 bits per heavy atom. The molecule has 0 aliphatic heterocycles. The summed E-state index contributed by atoms with van der Waals surface area (Å²) >= 11 is 7.06. The molecule has 2 aromatic rings. The highest BCUT2D eigenvalue weighted by Gasteiger charge is 2.43. The van der Waals surface area contributed by atoms with Crippen molar-refractivity contribution in [3.8, 4) is 0 Å². The van der Waals surface area contributed by atoms with Gasteiger partial charge >= 0.3 is 6.18 Å². The molecule has 0 aliphatic carbocycles. The number of hydrogen-bond donors (Lipinski definition) is 2. The molecule has 2 rings (SSSR count). The van der Waals surface area contributed by atoms with Gasteiger partial charge in [0.2, 0.25) is 0 Å². The van der Waals surface area contributed by atoms with Gasteiger partial charge in [-0.2, -0.15) is 13.2 Å². The van der Waals surface area contributed by atoms with Crippen LogP contribution in [0.5, 0.6) is 0 Å². The summed E-state index contributed by atoms with van der Waals surface area (Å²) in [6.45, 7) is 0. The zero-order valence-electron chi connectivity index (χ0n) is 11.6. The van der Waals surface area contributed by atoms with E-state index in [2.05, 4.69) is 0 Å². The summed E-state index contributed by atoms with van der Waals surface area (Å²) < 4.78 is 37.9. The van der Waals surface area contributed by atoms with E-state index >= 15 is 0 Å². The molecule has 126 valence electrons. The highest BCUT2D eigenvalue weighted by Crippen LogP contribution is 2.36. The van der Waals surface area contributed by atoms with Gasteiger partial charge in [0.1, 0.15) is 0 Å². The second kappa shape index (κ2) is 8.26. The Morgan fingerprint density at radius 2 is 1.61 bits per heavy atom. The molecule has 2 aromatic carbocycles. The smallest absolute Gasteiger partial charge is 0.382 e. The van der Waals surface area contributed by atoms with E-state index in [0.29, 0.717) is 9.92 Å². The highest BCUT2D eigenvalue weighted by atomic mass is 35.5. The third-order valence-electron chi connectivity index (χ3n) is 3.00. The van der Waals surface area contributed by atoms with E-state index in [9.17, 15) is 18.3 Å². The summed E-state index contributed by atoms with van der Waals surface area (Å²) in [5, 5.41) is 9.93. The second-order valence-corrected chi connectivity index (χ2v) is 6.16. The molecule has 0 saturated carbocycles. The summed E-state index contributed by atoms with van der Waals surface area (Å²) in [4.78, 5) is 1.37. The van der Waals surface area contributed by atoms with E-state index in [-0.39, 0.29) is 18.0 Å². The van der Waals surface area contributed by atoms with Gasteiger partial charge in [-0.1, -0.05) is 41.6 Å². The first kappa shape index (κ1) is 20.1. The van der Waals surface area contributed by atoms with Crippen molar-refractivity contribution in [3.63, 3.8) is 0 Å². The maximum atomic E-state index is 12.6. The van der Waals surface area contributed by atoms with Gasteiger partial charge in [-0.15, -0.1) is 12.4 Å². The summed E-state index contributed by atoms with van der Waals surface area (Å²) in [7, 11) is 0. The normalized spacial score (nSPS) is 14.0. The van der Waals surface area contributed by atoms with Crippen molar-refractivity contribution in [1.82, 2.24) is 0 Å². The molecule has 0 unspecified atom stereocenters. The van der Waals surface area contributed by atoms with Gasteiger partial charge in [-0.3, -0.25) is 0 Å². The maximum Gasteiger partial charge on any atom is 0.416 e. The van der Waals surface area contributed by atoms with Gasteiger partial charge in [0.15, 0.2) is 6.10 Å². The van der Waals surface area contributed by atoms with Crippen molar-refractivity contribution in [2.45, 2.75) is 28.1 Å². The third-order valence-corrected chi connectivity index (χ3v) is 4.35. The second-order valence-electron chi connectivity index (χ2n) is 4.61. The van der Waals surface area contributed by atoms with Crippen LogP contribution in [0.2, 0.25) is 5.02 Å². The van der Waals surface area contributed by atoms with Gasteiger partial charge in [0, 0.05) is 14.8 Å². The minimum atomic E-state index is -4.77. The molecular weight excluding hydrogens is 370 g/mol. The van der Waals surface area contributed by atoms with Gasteiger partial charge in [-0.05, 0) is 35.9 Å². The number of benzene rings is 2. The fraction of sp³-hybridized carbons (Fsp3) is 0.200.